The molecule has 0 atom stereocenters. The molecule has 1 N–H and O–H groups in total. The Kier molecular flexibility index (Phi) is 4.79. The molecule has 0 amide bonds. The van der Waals surface area contributed by atoms with Gasteiger partial charge in [0.15, 0.2) is 0 Å². The van der Waals surface area contributed by atoms with Crippen LogP contribution in [0.2, 0.25) is 0 Å². The highest BCUT2D eigenvalue weighted by molar-refractivity contribution is 5.31. The zero-order valence-corrected chi connectivity index (χ0v) is 12.7. The second-order valence-electron chi connectivity index (χ2n) is 4.87. The summed E-state index contributed by atoms with van der Waals surface area (Å²) >= 11 is 0. The van der Waals surface area contributed by atoms with Crippen LogP contribution in [-0.2, 0) is 31.3 Å². The molecule has 0 saturated carbocycles. The van der Waals surface area contributed by atoms with Crippen LogP contribution in [0.15, 0.2) is 12.4 Å². The number of nitrogens with zero attached hydrogens (tertiary/aromatic N) is 4. The predicted octanol–water partition coefficient (Wildman–Crippen LogP) is 1.75. The lowest BCUT2D eigenvalue weighted by atomic mass is 10.2. The Morgan fingerprint density at radius 1 is 1.35 bits per heavy atom. The molecule has 0 aliphatic heterocycles. The summed E-state index contributed by atoms with van der Waals surface area (Å²) in [5.74, 6) is 0.880. The van der Waals surface area contributed by atoms with Crippen LogP contribution in [0.1, 0.15) is 23.9 Å². The Bertz CT molecular complexity index is 558. The Morgan fingerprint density at radius 3 is 2.85 bits per heavy atom. The number of hydrogen-bond acceptors (Lipinski definition) is 4. The van der Waals surface area contributed by atoms with Crippen molar-refractivity contribution in [3.63, 3.8) is 0 Å². The molecule has 110 valence electrons. The first-order valence-corrected chi connectivity index (χ1v) is 6.92. The molecular weight excluding hydrogens is 254 g/mol. The normalized spacial score (nSPS) is 11.0. The predicted molar refractivity (Wildman–Crippen MR) is 78.8 cm³/mol. The van der Waals surface area contributed by atoms with Gasteiger partial charge in [0.2, 0.25) is 5.95 Å². The fraction of sp³-hybridized carbons (Fsp3) is 0.571. The van der Waals surface area contributed by atoms with Crippen LogP contribution in [0.25, 0.3) is 0 Å². The van der Waals surface area contributed by atoms with Crippen LogP contribution in [0, 0.1) is 6.92 Å². The van der Waals surface area contributed by atoms with Crippen molar-refractivity contribution in [2.75, 3.05) is 19.0 Å². The first-order valence-electron chi connectivity index (χ1n) is 6.92. The third-order valence-corrected chi connectivity index (χ3v) is 3.20. The zero-order chi connectivity index (χ0) is 14.5. The van der Waals surface area contributed by atoms with E-state index in [0.29, 0.717) is 6.61 Å². The molecular formula is C14H23N5O. The van der Waals surface area contributed by atoms with Gasteiger partial charge >= 0.3 is 0 Å². The molecule has 0 spiro atoms. The molecule has 2 heterocycles. The topological polar surface area (TPSA) is 56.9 Å². The van der Waals surface area contributed by atoms with Gasteiger partial charge in [-0.2, -0.15) is 5.10 Å². The average Bonchev–Trinajstić information content (AvgIpc) is 2.96. The van der Waals surface area contributed by atoms with E-state index in [1.54, 1.807) is 7.11 Å². The first-order chi connectivity index (χ1) is 9.63. The molecule has 6 nitrogen and oxygen atoms in total. The Labute approximate surface area is 119 Å². The molecule has 0 aliphatic carbocycles. The molecule has 2 aromatic rings. The van der Waals surface area contributed by atoms with Gasteiger partial charge in [0.05, 0.1) is 18.0 Å². The maximum absolute atomic E-state index is 5.12. The summed E-state index contributed by atoms with van der Waals surface area (Å²) in [7, 11) is 3.66. The summed E-state index contributed by atoms with van der Waals surface area (Å²) in [6.45, 7) is 6.33. The van der Waals surface area contributed by atoms with E-state index in [2.05, 4.69) is 33.1 Å². The summed E-state index contributed by atoms with van der Waals surface area (Å²) in [5, 5.41) is 7.84. The minimum Gasteiger partial charge on any atom is -0.383 e. The number of aryl methyl sites for hydroxylation is 3. The minimum atomic E-state index is 0.678. The van der Waals surface area contributed by atoms with Crippen LogP contribution < -0.4 is 5.32 Å². The van der Waals surface area contributed by atoms with Gasteiger partial charge < -0.3 is 14.6 Å². The number of nitrogens with one attached hydrogen (secondary N) is 1. The lowest BCUT2D eigenvalue weighted by Crippen LogP contribution is -2.10. The highest BCUT2D eigenvalue weighted by atomic mass is 16.5. The second-order valence-corrected chi connectivity index (χ2v) is 4.87. The summed E-state index contributed by atoms with van der Waals surface area (Å²) in [6.07, 6.45) is 5.03. The van der Waals surface area contributed by atoms with Gasteiger partial charge in [-0.3, -0.25) is 4.68 Å². The van der Waals surface area contributed by atoms with Crippen LogP contribution in [0.3, 0.4) is 0 Å². The number of hydrogen-bond donors (Lipinski definition) is 1. The summed E-state index contributed by atoms with van der Waals surface area (Å²) in [5.41, 5.74) is 3.35. The highest BCUT2D eigenvalue weighted by Gasteiger charge is 2.09. The number of imidazole rings is 1. The van der Waals surface area contributed by atoms with E-state index in [-0.39, 0.29) is 0 Å². The van der Waals surface area contributed by atoms with Crippen molar-refractivity contribution < 1.29 is 4.74 Å². The summed E-state index contributed by atoms with van der Waals surface area (Å²) in [6, 6.07) is 0. The average molecular weight is 277 g/mol. The Morgan fingerprint density at radius 2 is 2.15 bits per heavy atom. The largest absolute Gasteiger partial charge is 0.383 e. The third-order valence-electron chi connectivity index (χ3n) is 3.20. The van der Waals surface area contributed by atoms with Crippen molar-refractivity contribution >= 4 is 5.95 Å². The number of anilines is 1. The molecule has 0 aliphatic rings. The standard InChI is InChI=1S/C14H23N5O/c1-5-13-12(10-18(3)17-13)8-15-14-16-11(2)9-19(14)6-7-20-4/h9-10H,5-8H2,1-4H3,(H,15,16). The maximum Gasteiger partial charge on any atom is 0.203 e. The van der Waals surface area contributed by atoms with Crippen molar-refractivity contribution in [2.24, 2.45) is 7.05 Å². The zero-order valence-electron chi connectivity index (χ0n) is 12.7. The van der Waals surface area contributed by atoms with Gasteiger partial charge in [-0.1, -0.05) is 6.92 Å². The SMILES string of the molecule is CCc1nn(C)cc1CNc1nc(C)cn1CCOC. The number of methoxy groups -OCH3 is 1. The van der Waals surface area contributed by atoms with E-state index in [0.717, 1.165) is 36.8 Å². The van der Waals surface area contributed by atoms with Crippen molar-refractivity contribution in [2.45, 2.75) is 33.4 Å². The van der Waals surface area contributed by atoms with Gasteiger partial charge in [0.1, 0.15) is 0 Å². The quantitative estimate of drug-likeness (QED) is 0.837. The molecule has 0 fully saturated rings. The van der Waals surface area contributed by atoms with Crippen molar-refractivity contribution in [3.8, 4) is 0 Å². The smallest absolute Gasteiger partial charge is 0.203 e. The molecule has 0 saturated heterocycles. The van der Waals surface area contributed by atoms with E-state index in [4.69, 9.17) is 4.74 Å². The third kappa shape index (κ3) is 3.39. The number of rotatable bonds is 7. The van der Waals surface area contributed by atoms with E-state index < -0.39 is 0 Å². The second kappa shape index (κ2) is 6.56. The number of ether oxygens (including phenoxy) is 1. The van der Waals surface area contributed by atoms with Crippen LogP contribution in [-0.4, -0.2) is 33.0 Å². The van der Waals surface area contributed by atoms with Crippen LogP contribution >= 0.6 is 0 Å². The van der Waals surface area contributed by atoms with Crippen LogP contribution in [0.5, 0.6) is 0 Å². The fourth-order valence-electron chi connectivity index (χ4n) is 2.25. The minimum absolute atomic E-state index is 0.678. The molecule has 20 heavy (non-hydrogen) atoms. The van der Waals surface area contributed by atoms with E-state index in [1.807, 2.05) is 24.9 Å². The van der Waals surface area contributed by atoms with Crippen molar-refractivity contribution in [3.05, 3.63) is 29.3 Å². The Balaban J connectivity index is 2.06. The van der Waals surface area contributed by atoms with E-state index in [9.17, 15) is 0 Å². The van der Waals surface area contributed by atoms with Gasteiger partial charge in [0.25, 0.3) is 0 Å². The molecule has 0 bridgehead atoms. The molecule has 2 aromatic heterocycles. The monoisotopic (exact) mass is 277 g/mol. The lowest BCUT2D eigenvalue weighted by Gasteiger charge is -2.09. The van der Waals surface area contributed by atoms with Crippen molar-refractivity contribution in [1.82, 2.24) is 19.3 Å². The van der Waals surface area contributed by atoms with Gasteiger partial charge in [-0.25, -0.2) is 4.98 Å². The fourth-order valence-corrected chi connectivity index (χ4v) is 2.25. The molecule has 0 unspecified atom stereocenters. The van der Waals surface area contributed by atoms with Gasteiger partial charge in [-0.15, -0.1) is 0 Å². The molecule has 0 radical (unpaired) electrons. The van der Waals surface area contributed by atoms with Gasteiger partial charge in [0, 0.05) is 45.2 Å². The summed E-state index contributed by atoms with van der Waals surface area (Å²) < 4.78 is 9.07. The van der Waals surface area contributed by atoms with Crippen LogP contribution in [0.4, 0.5) is 5.95 Å². The summed E-state index contributed by atoms with van der Waals surface area (Å²) in [4.78, 5) is 4.51. The lowest BCUT2D eigenvalue weighted by molar-refractivity contribution is 0.187. The first kappa shape index (κ1) is 14.6. The van der Waals surface area contributed by atoms with Gasteiger partial charge in [-0.05, 0) is 13.3 Å². The van der Waals surface area contributed by atoms with E-state index in [1.165, 1.54) is 5.56 Å². The highest BCUT2D eigenvalue weighted by Crippen LogP contribution is 2.12. The van der Waals surface area contributed by atoms with Crippen molar-refractivity contribution in [1.29, 1.82) is 0 Å². The number of aromatic nitrogens is 4. The van der Waals surface area contributed by atoms with E-state index >= 15 is 0 Å². The molecule has 2 rings (SSSR count). The molecule has 0 aromatic carbocycles. The molecule has 6 heteroatoms. The Hall–Kier alpha value is -1.82. The maximum atomic E-state index is 5.12.